The fourth-order valence-electron chi connectivity index (χ4n) is 3.19. The van der Waals surface area contributed by atoms with Gasteiger partial charge in [-0.25, -0.2) is 0 Å². The molecular formula is C14H19N3O4. The molecule has 1 aliphatic carbocycles. The molecule has 1 aliphatic rings. The molecule has 1 fully saturated rings. The van der Waals surface area contributed by atoms with Crippen LogP contribution in [0.3, 0.4) is 0 Å². The zero-order valence-corrected chi connectivity index (χ0v) is 12.1. The fourth-order valence-corrected chi connectivity index (χ4v) is 3.19. The van der Waals surface area contributed by atoms with E-state index < -0.39 is 9.85 Å². The van der Waals surface area contributed by atoms with Crippen LogP contribution in [0, 0.1) is 32.1 Å². The SMILES string of the molecule is CC1CC(C)CC(Nc2ccc([N+](=O)[O-])cc2[N+](=O)[O-])C1. The van der Waals surface area contributed by atoms with Crippen molar-refractivity contribution in [2.45, 2.75) is 39.2 Å². The van der Waals surface area contributed by atoms with Crippen LogP contribution in [0.2, 0.25) is 0 Å². The summed E-state index contributed by atoms with van der Waals surface area (Å²) in [5, 5.41) is 25.0. The summed E-state index contributed by atoms with van der Waals surface area (Å²) < 4.78 is 0. The van der Waals surface area contributed by atoms with E-state index in [1.54, 1.807) is 0 Å². The van der Waals surface area contributed by atoms with Crippen molar-refractivity contribution >= 4 is 17.1 Å². The lowest BCUT2D eigenvalue weighted by Crippen LogP contribution is -2.30. The van der Waals surface area contributed by atoms with Crippen LogP contribution in [0.15, 0.2) is 18.2 Å². The minimum absolute atomic E-state index is 0.170. The predicted octanol–water partition coefficient (Wildman–Crippen LogP) is 3.74. The van der Waals surface area contributed by atoms with Gasteiger partial charge in [-0.15, -0.1) is 0 Å². The van der Waals surface area contributed by atoms with Crippen LogP contribution in [0.5, 0.6) is 0 Å². The molecule has 7 heteroatoms. The number of rotatable bonds is 4. The molecule has 2 rings (SSSR count). The van der Waals surface area contributed by atoms with E-state index in [1.807, 2.05) is 0 Å². The van der Waals surface area contributed by atoms with Gasteiger partial charge < -0.3 is 5.32 Å². The molecule has 1 N–H and O–H groups in total. The van der Waals surface area contributed by atoms with Gasteiger partial charge >= 0.3 is 0 Å². The van der Waals surface area contributed by atoms with E-state index in [4.69, 9.17) is 0 Å². The van der Waals surface area contributed by atoms with Crippen LogP contribution < -0.4 is 5.32 Å². The normalized spacial score (nSPS) is 25.3. The maximum absolute atomic E-state index is 11.1. The molecule has 1 aromatic carbocycles. The molecule has 1 saturated carbocycles. The van der Waals surface area contributed by atoms with Crippen molar-refractivity contribution in [3.63, 3.8) is 0 Å². The summed E-state index contributed by atoms with van der Waals surface area (Å²) >= 11 is 0. The molecule has 0 amide bonds. The molecule has 1 aromatic rings. The van der Waals surface area contributed by atoms with Crippen LogP contribution >= 0.6 is 0 Å². The summed E-state index contributed by atoms with van der Waals surface area (Å²) in [6.45, 7) is 4.35. The van der Waals surface area contributed by atoms with E-state index in [1.165, 1.54) is 18.6 Å². The second-order valence-corrected chi connectivity index (χ2v) is 5.97. The first-order valence-electron chi connectivity index (χ1n) is 7.06. The Morgan fingerprint density at radius 3 is 2.19 bits per heavy atom. The predicted molar refractivity (Wildman–Crippen MR) is 79.3 cm³/mol. The second-order valence-electron chi connectivity index (χ2n) is 5.97. The van der Waals surface area contributed by atoms with Crippen LogP contribution in [0.1, 0.15) is 33.1 Å². The third-order valence-electron chi connectivity index (χ3n) is 3.93. The highest BCUT2D eigenvalue weighted by atomic mass is 16.6. The molecule has 0 heterocycles. The van der Waals surface area contributed by atoms with Crippen molar-refractivity contribution in [2.75, 3.05) is 5.32 Å². The van der Waals surface area contributed by atoms with E-state index in [0.29, 0.717) is 17.5 Å². The Morgan fingerprint density at radius 1 is 1.05 bits per heavy atom. The molecule has 0 aliphatic heterocycles. The summed E-state index contributed by atoms with van der Waals surface area (Å²) in [7, 11) is 0. The Hall–Kier alpha value is -2.18. The maximum Gasteiger partial charge on any atom is 0.299 e. The highest BCUT2D eigenvalue weighted by Crippen LogP contribution is 2.34. The Kier molecular flexibility index (Phi) is 4.40. The molecule has 7 nitrogen and oxygen atoms in total. The number of hydrogen-bond acceptors (Lipinski definition) is 5. The number of anilines is 1. The molecule has 21 heavy (non-hydrogen) atoms. The van der Waals surface area contributed by atoms with Crippen LogP contribution in [0.4, 0.5) is 17.1 Å². The monoisotopic (exact) mass is 293 g/mol. The molecule has 2 atom stereocenters. The van der Waals surface area contributed by atoms with Crippen molar-refractivity contribution in [1.82, 2.24) is 0 Å². The van der Waals surface area contributed by atoms with Gasteiger partial charge in [0.05, 0.1) is 15.9 Å². The van der Waals surface area contributed by atoms with Gasteiger partial charge in [-0.2, -0.15) is 0 Å². The number of benzene rings is 1. The first-order chi connectivity index (χ1) is 9.86. The highest BCUT2D eigenvalue weighted by Gasteiger charge is 2.26. The molecule has 0 bridgehead atoms. The highest BCUT2D eigenvalue weighted by molar-refractivity contribution is 5.65. The largest absolute Gasteiger partial charge is 0.377 e. The number of non-ortho nitro benzene ring substituents is 1. The van der Waals surface area contributed by atoms with Crippen LogP contribution in [-0.4, -0.2) is 15.9 Å². The number of nitro groups is 2. The van der Waals surface area contributed by atoms with E-state index >= 15 is 0 Å². The summed E-state index contributed by atoms with van der Waals surface area (Å²) in [6, 6.07) is 3.91. The number of nitrogens with one attached hydrogen (secondary N) is 1. The summed E-state index contributed by atoms with van der Waals surface area (Å²) in [5.41, 5.74) is -0.149. The standard InChI is InChI=1S/C14H19N3O4/c1-9-5-10(2)7-11(6-9)15-13-4-3-12(16(18)19)8-14(13)17(20)21/h3-4,8-11,15H,5-7H2,1-2H3. The minimum atomic E-state index is -0.623. The second kappa shape index (κ2) is 6.07. The van der Waals surface area contributed by atoms with Crippen molar-refractivity contribution < 1.29 is 9.85 Å². The molecule has 0 aromatic heterocycles. The van der Waals surface area contributed by atoms with Gasteiger partial charge in [0.2, 0.25) is 0 Å². The Morgan fingerprint density at radius 2 is 1.67 bits per heavy atom. The molecule has 0 saturated heterocycles. The van der Waals surface area contributed by atoms with E-state index in [-0.39, 0.29) is 17.4 Å². The van der Waals surface area contributed by atoms with Crippen LogP contribution in [0.25, 0.3) is 0 Å². The smallest absolute Gasteiger partial charge is 0.299 e. The Bertz CT molecular complexity index is 551. The molecule has 114 valence electrons. The Balaban J connectivity index is 2.23. The average molecular weight is 293 g/mol. The number of hydrogen-bond donors (Lipinski definition) is 1. The van der Waals surface area contributed by atoms with Crippen LogP contribution in [-0.2, 0) is 0 Å². The van der Waals surface area contributed by atoms with Gasteiger partial charge in [0.25, 0.3) is 11.4 Å². The summed E-state index contributed by atoms with van der Waals surface area (Å²) in [6.07, 6.45) is 3.08. The molecular weight excluding hydrogens is 274 g/mol. The van der Waals surface area contributed by atoms with E-state index in [2.05, 4.69) is 19.2 Å². The lowest BCUT2D eigenvalue weighted by Gasteiger charge is -2.32. The zero-order valence-electron chi connectivity index (χ0n) is 12.1. The summed E-state index contributed by atoms with van der Waals surface area (Å²) in [5.74, 6) is 1.15. The molecule has 0 radical (unpaired) electrons. The first-order valence-corrected chi connectivity index (χ1v) is 7.06. The fraction of sp³-hybridized carbons (Fsp3) is 0.571. The quantitative estimate of drug-likeness (QED) is 0.673. The number of nitro benzene ring substituents is 2. The van der Waals surface area contributed by atoms with Gasteiger partial charge in [-0.05, 0) is 37.2 Å². The lowest BCUT2D eigenvalue weighted by molar-refractivity contribution is -0.393. The van der Waals surface area contributed by atoms with Crippen molar-refractivity contribution in [3.8, 4) is 0 Å². The van der Waals surface area contributed by atoms with Gasteiger partial charge in [0, 0.05) is 12.1 Å². The van der Waals surface area contributed by atoms with Gasteiger partial charge in [0.1, 0.15) is 5.69 Å². The topological polar surface area (TPSA) is 98.3 Å². The van der Waals surface area contributed by atoms with Crippen molar-refractivity contribution in [1.29, 1.82) is 0 Å². The Labute approximate surface area is 122 Å². The average Bonchev–Trinajstić information content (AvgIpc) is 2.37. The van der Waals surface area contributed by atoms with Gasteiger partial charge in [-0.3, -0.25) is 20.2 Å². The van der Waals surface area contributed by atoms with E-state index in [9.17, 15) is 20.2 Å². The third-order valence-corrected chi connectivity index (χ3v) is 3.93. The number of nitrogens with zero attached hydrogens (tertiary/aromatic N) is 2. The van der Waals surface area contributed by atoms with Crippen molar-refractivity contribution in [3.05, 3.63) is 38.4 Å². The third kappa shape index (κ3) is 3.68. The first kappa shape index (κ1) is 15.2. The zero-order chi connectivity index (χ0) is 15.6. The van der Waals surface area contributed by atoms with Gasteiger partial charge in [0.15, 0.2) is 0 Å². The molecule has 0 spiro atoms. The van der Waals surface area contributed by atoms with Gasteiger partial charge in [-0.1, -0.05) is 13.8 Å². The molecule has 2 unspecified atom stereocenters. The minimum Gasteiger partial charge on any atom is -0.377 e. The maximum atomic E-state index is 11.1. The lowest BCUT2D eigenvalue weighted by atomic mass is 9.80. The summed E-state index contributed by atoms with van der Waals surface area (Å²) in [4.78, 5) is 20.6. The van der Waals surface area contributed by atoms with E-state index in [0.717, 1.165) is 18.9 Å². The van der Waals surface area contributed by atoms with Crippen molar-refractivity contribution in [2.24, 2.45) is 11.8 Å².